The van der Waals surface area contributed by atoms with Crippen LogP contribution in [0.2, 0.25) is 0 Å². The van der Waals surface area contributed by atoms with Crippen LogP contribution in [0.4, 0.5) is 0 Å². The summed E-state index contributed by atoms with van der Waals surface area (Å²) in [6.45, 7) is 6.78. The first-order valence-electron chi connectivity index (χ1n) is 8.86. The van der Waals surface area contributed by atoms with Gasteiger partial charge in [-0.3, -0.25) is 9.79 Å². The molecule has 1 aliphatic heterocycles. The number of methoxy groups -OCH3 is 1. The lowest BCUT2D eigenvalue weighted by Gasteiger charge is -2.20. The number of aliphatic imine (C=N–C) groups is 1. The van der Waals surface area contributed by atoms with Crippen molar-refractivity contribution in [3.8, 4) is 0 Å². The Hall–Kier alpha value is -2.08. The topological polar surface area (TPSA) is 66.0 Å². The van der Waals surface area contributed by atoms with Crippen LogP contribution in [0.15, 0.2) is 29.3 Å². The smallest absolute Gasteiger partial charge is 0.225 e. The Labute approximate surface area is 150 Å². The van der Waals surface area contributed by atoms with Crippen LogP contribution in [-0.2, 0) is 22.7 Å². The van der Waals surface area contributed by atoms with Gasteiger partial charge in [0.05, 0.1) is 6.61 Å². The average molecular weight is 346 g/mol. The maximum absolute atomic E-state index is 12.1. The Morgan fingerprint density at radius 3 is 2.60 bits per heavy atom. The van der Waals surface area contributed by atoms with Crippen LogP contribution in [0.25, 0.3) is 0 Å². The van der Waals surface area contributed by atoms with Crippen molar-refractivity contribution in [2.45, 2.75) is 39.5 Å². The molecule has 138 valence electrons. The Morgan fingerprint density at radius 1 is 1.32 bits per heavy atom. The molecule has 2 N–H and O–H groups in total. The lowest BCUT2D eigenvalue weighted by molar-refractivity contribution is -0.133. The molecule has 6 heteroatoms. The molecule has 1 aromatic rings. The molecule has 1 aromatic carbocycles. The molecule has 1 unspecified atom stereocenters. The third-order valence-corrected chi connectivity index (χ3v) is 4.35. The number of rotatable bonds is 6. The second-order valence-electron chi connectivity index (χ2n) is 6.74. The third-order valence-electron chi connectivity index (χ3n) is 4.35. The zero-order valence-corrected chi connectivity index (χ0v) is 15.7. The highest BCUT2D eigenvalue weighted by atomic mass is 16.5. The Kier molecular flexibility index (Phi) is 7.25. The molecule has 6 nitrogen and oxygen atoms in total. The molecule has 1 atom stereocenters. The summed E-state index contributed by atoms with van der Waals surface area (Å²) >= 11 is 0. The van der Waals surface area contributed by atoms with Gasteiger partial charge >= 0.3 is 0 Å². The van der Waals surface area contributed by atoms with Crippen LogP contribution in [0.3, 0.4) is 0 Å². The zero-order chi connectivity index (χ0) is 18.2. The fourth-order valence-electron chi connectivity index (χ4n) is 2.94. The third kappa shape index (κ3) is 5.74. The standard InChI is InChI=1S/C19H30N4O2/c1-14(2)18(24)23-10-9-17(12-23)22-19(20-3)21-11-15-5-7-16(8-6-15)13-25-4/h5-8,14,17H,9-13H2,1-4H3,(H2,20,21,22). The molecule has 0 saturated carbocycles. The van der Waals surface area contributed by atoms with Crippen LogP contribution in [0.1, 0.15) is 31.4 Å². The highest BCUT2D eigenvalue weighted by molar-refractivity contribution is 5.81. The lowest BCUT2D eigenvalue weighted by Crippen LogP contribution is -2.45. The molecule has 0 bridgehead atoms. The van der Waals surface area contributed by atoms with Gasteiger partial charge in [0, 0.05) is 45.8 Å². The predicted molar refractivity (Wildman–Crippen MR) is 100 cm³/mol. The second-order valence-corrected chi connectivity index (χ2v) is 6.74. The Balaban J connectivity index is 1.80. The molecule has 1 aliphatic rings. The Morgan fingerprint density at radius 2 is 2.00 bits per heavy atom. The fraction of sp³-hybridized carbons (Fsp3) is 0.579. The van der Waals surface area contributed by atoms with Gasteiger partial charge in [0.1, 0.15) is 0 Å². The van der Waals surface area contributed by atoms with Crippen molar-refractivity contribution < 1.29 is 9.53 Å². The van der Waals surface area contributed by atoms with E-state index in [0.29, 0.717) is 13.2 Å². The number of guanidine groups is 1. The number of nitrogens with zero attached hydrogens (tertiary/aromatic N) is 2. The maximum Gasteiger partial charge on any atom is 0.225 e. The summed E-state index contributed by atoms with van der Waals surface area (Å²) in [7, 11) is 3.47. The fourth-order valence-corrected chi connectivity index (χ4v) is 2.94. The van der Waals surface area contributed by atoms with Crippen LogP contribution in [0, 0.1) is 5.92 Å². The molecule has 0 aromatic heterocycles. The second kappa shape index (κ2) is 9.42. The number of amides is 1. The van der Waals surface area contributed by atoms with Crippen molar-refractivity contribution in [2.24, 2.45) is 10.9 Å². The number of hydrogen-bond acceptors (Lipinski definition) is 3. The van der Waals surface area contributed by atoms with E-state index in [1.807, 2.05) is 18.7 Å². The minimum absolute atomic E-state index is 0.0530. The van der Waals surface area contributed by atoms with Crippen LogP contribution in [0.5, 0.6) is 0 Å². The average Bonchev–Trinajstić information content (AvgIpc) is 3.07. The van der Waals surface area contributed by atoms with Gasteiger partial charge in [-0.2, -0.15) is 0 Å². The van der Waals surface area contributed by atoms with Gasteiger partial charge in [0.25, 0.3) is 0 Å². The molecule has 1 heterocycles. The van der Waals surface area contributed by atoms with Gasteiger partial charge in [-0.05, 0) is 17.5 Å². The highest BCUT2D eigenvalue weighted by Crippen LogP contribution is 2.12. The summed E-state index contributed by atoms with van der Waals surface area (Å²) in [5.41, 5.74) is 2.35. The summed E-state index contributed by atoms with van der Waals surface area (Å²) in [6.07, 6.45) is 0.949. The number of carbonyl (C=O) groups excluding carboxylic acids is 1. The maximum atomic E-state index is 12.1. The highest BCUT2D eigenvalue weighted by Gasteiger charge is 2.27. The van der Waals surface area contributed by atoms with E-state index in [-0.39, 0.29) is 17.9 Å². The van der Waals surface area contributed by atoms with Gasteiger partial charge in [0.15, 0.2) is 5.96 Å². The molecular weight excluding hydrogens is 316 g/mol. The predicted octanol–water partition coefficient (Wildman–Crippen LogP) is 1.75. The molecule has 1 fully saturated rings. The minimum atomic E-state index is 0.0530. The monoisotopic (exact) mass is 346 g/mol. The summed E-state index contributed by atoms with van der Waals surface area (Å²) in [6, 6.07) is 8.57. The van der Waals surface area contributed by atoms with Crippen molar-refractivity contribution in [1.29, 1.82) is 0 Å². The normalized spacial score (nSPS) is 17.9. The molecular formula is C19H30N4O2. The van der Waals surface area contributed by atoms with E-state index in [1.54, 1.807) is 14.2 Å². The molecule has 1 saturated heterocycles. The minimum Gasteiger partial charge on any atom is -0.380 e. The van der Waals surface area contributed by atoms with E-state index in [9.17, 15) is 4.79 Å². The number of hydrogen-bond donors (Lipinski definition) is 2. The molecule has 1 amide bonds. The molecule has 0 radical (unpaired) electrons. The van der Waals surface area contributed by atoms with E-state index in [0.717, 1.165) is 31.0 Å². The van der Waals surface area contributed by atoms with Crippen molar-refractivity contribution >= 4 is 11.9 Å². The molecule has 2 rings (SSSR count). The number of likely N-dealkylation sites (tertiary alicyclic amines) is 1. The van der Waals surface area contributed by atoms with Gasteiger partial charge < -0.3 is 20.3 Å². The summed E-state index contributed by atoms with van der Waals surface area (Å²) in [5.74, 6) is 1.05. The van der Waals surface area contributed by atoms with E-state index in [2.05, 4.69) is 39.9 Å². The molecule has 25 heavy (non-hydrogen) atoms. The van der Waals surface area contributed by atoms with Crippen LogP contribution < -0.4 is 10.6 Å². The SMILES string of the molecule is CN=C(NCc1ccc(COC)cc1)NC1CCN(C(=O)C(C)C)C1. The van der Waals surface area contributed by atoms with E-state index in [1.165, 1.54) is 5.56 Å². The van der Waals surface area contributed by atoms with E-state index >= 15 is 0 Å². The number of ether oxygens (including phenoxy) is 1. The van der Waals surface area contributed by atoms with Crippen molar-refractivity contribution in [1.82, 2.24) is 15.5 Å². The lowest BCUT2D eigenvalue weighted by atomic mass is 10.1. The zero-order valence-electron chi connectivity index (χ0n) is 15.7. The summed E-state index contributed by atoms with van der Waals surface area (Å²) < 4.78 is 5.13. The van der Waals surface area contributed by atoms with Crippen molar-refractivity contribution in [3.63, 3.8) is 0 Å². The molecule has 0 aliphatic carbocycles. The van der Waals surface area contributed by atoms with Gasteiger partial charge in [0.2, 0.25) is 5.91 Å². The number of benzene rings is 1. The van der Waals surface area contributed by atoms with Gasteiger partial charge in [-0.1, -0.05) is 38.1 Å². The van der Waals surface area contributed by atoms with E-state index in [4.69, 9.17) is 4.74 Å². The van der Waals surface area contributed by atoms with E-state index < -0.39 is 0 Å². The van der Waals surface area contributed by atoms with Gasteiger partial charge in [-0.25, -0.2) is 0 Å². The quantitative estimate of drug-likeness (QED) is 0.608. The number of carbonyl (C=O) groups is 1. The van der Waals surface area contributed by atoms with Crippen molar-refractivity contribution in [2.75, 3.05) is 27.2 Å². The van der Waals surface area contributed by atoms with Gasteiger partial charge in [-0.15, -0.1) is 0 Å². The Bertz CT molecular complexity index is 584. The van der Waals surface area contributed by atoms with Crippen LogP contribution >= 0.6 is 0 Å². The number of nitrogens with one attached hydrogen (secondary N) is 2. The first-order chi connectivity index (χ1) is 12.0. The summed E-state index contributed by atoms with van der Waals surface area (Å²) in [4.78, 5) is 18.3. The molecule has 0 spiro atoms. The largest absolute Gasteiger partial charge is 0.380 e. The van der Waals surface area contributed by atoms with Crippen molar-refractivity contribution in [3.05, 3.63) is 35.4 Å². The first kappa shape index (κ1) is 19.2. The van der Waals surface area contributed by atoms with Crippen LogP contribution in [-0.4, -0.2) is 50.1 Å². The summed E-state index contributed by atoms with van der Waals surface area (Å²) in [5, 5.41) is 6.75. The first-order valence-corrected chi connectivity index (χ1v) is 8.86.